The topological polar surface area (TPSA) is 41.3 Å². The standard InChI is InChI=1S/C10H17BrClN3S/c1-15(2)4-3-14-8(6-13)9-5-7(11)10(12)16-9/h5,8,14H,3-4,6,13H2,1-2H3. The molecule has 1 heterocycles. The number of nitrogens with two attached hydrogens (primary N) is 1. The molecule has 1 rings (SSSR count). The van der Waals surface area contributed by atoms with Crippen LogP contribution in [-0.4, -0.2) is 38.6 Å². The maximum Gasteiger partial charge on any atom is 0.107 e. The van der Waals surface area contributed by atoms with Crippen molar-refractivity contribution < 1.29 is 0 Å². The van der Waals surface area contributed by atoms with Gasteiger partial charge in [0.05, 0.1) is 6.04 Å². The largest absolute Gasteiger partial charge is 0.329 e. The van der Waals surface area contributed by atoms with Crippen LogP contribution < -0.4 is 11.1 Å². The number of likely N-dealkylation sites (N-methyl/N-ethyl adjacent to an activating group) is 1. The van der Waals surface area contributed by atoms with Crippen LogP contribution in [0.25, 0.3) is 0 Å². The van der Waals surface area contributed by atoms with Crippen LogP contribution in [0.1, 0.15) is 10.9 Å². The molecule has 3 N–H and O–H groups in total. The first-order valence-corrected chi connectivity index (χ1v) is 7.06. The lowest BCUT2D eigenvalue weighted by atomic mass is 10.2. The second kappa shape index (κ2) is 6.93. The number of hydrogen-bond donors (Lipinski definition) is 2. The third-order valence-corrected chi connectivity index (χ3v) is 4.78. The normalized spacial score (nSPS) is 13.4. The number of nitrogens with one attached hydrogen (secondary N) is 1. The Morgan fingerprint density at radius 3 is 2.75 bits per heavy atom. The minimum Gasteiger partial charge on any atom is -0.329 e. The minimum absolute atomic E-state index is 0.189. The molecule has 0 aromatic carbocycles. The fourth-order valence-corrected chi connectivity index (χ4v) is 3.12. The zero-order chi connectivity index (χ0) is 12.1. The van der Waals surface area contributed by atoms with Gasteiger partial charge in [0.25, 0.3) is 0 Å². The van der Waals surface area contributed by atoms with Crippen LogP contribution in [0.15, 0.2) is 10.5 Å². The Labute approximate surface area is 114 Å². The van der Waals surface area contributed by atoms with Crippen LogP contribution in [-0.2, 0) is 0 Å². The van der Waals surface area contributed by atoms with E-state index in [9.17, 15) is 0 Å². The number of halogens is 2. The highest BCUT2D eigenvalue weighted by Gasteiger charge is 2.13. The maximum atomic E-state index is 6.01. The molecule has 0 saturated carbocycles. The van der Waals surface area contributed by atoms with Gasteiger partial charge in [-0.25, -0.2) is 0 Å². The summed E-state index contributed by atoms with van der Waals surface area (Å²) in [5.74, 6) is 0. The van der Waals surface area contributed by atoms with E-state index in [-0.39, 0.29) is 6.04 Å². The molecule has 16 heavy (non-hydrogen) atoms. The molecule has 0 aliphatic heterocycles. The first kappa shape index (κ1) is 14.4. The van der Waals surface area contributed by atoms with Gasteiger partial charge in [0.15, 0.2) is 0 Å². The molecule has 0 aliphatic rings. The second-order valence-corrected chi connectivity index (χ2v) is 6.36. The van der Waals surface area contributed by atoms with Gasteiger partial charge >= 0.3 is 0 Å². The van der Waals surface area contributed by atoms with Crippen molar-refractivity contribution in [2.24, 2.45) is 5.73 Å². The Bertz CT molecular complexity index is 310. The van der Waals surface area contributed by atoms with Crippen molar-refractivity contribution in [3.05, 3.63) is 19.8 Å². The van der Waals surface area contributed by atoms with Crippen LogP contribution in [0.5, 0.6) is 0 Å². The smallest absolute Gasteiger partial charge is 0.107 e. The summed E-state index contributed by atoms with van der Waals surface area (Å²) in [5.41, 5.74) is 5.75. The average Bonchev–Trinajstić information content (AvgIpc) is 2.53. The van der Waals surface area contributed by atoms with Crippen LogP contribution in [0.3, 0.4) is 0 Å². The summed E-state index contributed by atoms with van der Waals surface area (Å²) in [7, 11) is 4.11. The number of nitrogens with zero attached hydrogens (tertiary/aromatic N) is 1. The molecule has 6 heteroatoms. The van der Waals surface area contributed by atoms with E-state index in [1.165, 1.54) is 4.88 Å². The molecule has 3 nitrogen and oxygen atoms in total. The molecule has 0 radical (unpaired) electrons. The van der Waals surface area contributed by atoms with Crippen LogP contribution in [0.2, 0.25) is 4.34 Å². The van der Waals surface area contributed by atoms with Gasteiger partial charge < -0.3 is 16.0 Å². The second-order valence-electron chi connectivity index (χ2n) is 3.82. The first-order valence-electron chi connectivity index (χ1n) is 5.07. The minimum atomic E-state index is 0.189. The Kier molecular flexibility index (Phi) is 6.25. The van der Waals surface area contributed by atoms with Gasteiger partial charge in [0.1, 0.15) is 4.34 Å². The van der Waals surface area contributed by atoms with E-state index in [2.05, 4.69) is 40.2 Å². The third kappa shape index (κ3) is 4.31. The lowest BCUT2D eigenvalue weighted by Gasteiger charge is -2.17. The van der Waals surface area contributed by atoms with Crippen molar-refractivity contribution in [3.63, 3.8) is 0 Å². The predicted molar refractivity (Wildman–Crippen MR) is 75.4 cm³/mol. The zero-order valence-electron chi connectivity index (χ0n) is 9.46. The van der Waals surface area contributed by atoms with Crippen molar-refractivity contribution in [1.29, 1.82) is 0 Å². The molecule has 0 spiro atoms. The molecule has 1 unspecified atom stereocenters. The quantitative estimate of drug-likeness (QED) is 0.843. The predicted octanol–water partition coefficient (Wildman–Crippen LogP) is 2.32. The Morgan fingerprint density at radius 1 is 1.62 bits per heavy atom. The van der Waals surface area contributed by atoms with Crippen LogP contribution in [0.4, 0.5) is 0 Å². The molecule has 0 fully saturated rings. The van der Waals surface area contributed by atoms with E-state index in [4.69, 9.17) is 17.3 Å². The van der Waals surface area contributed by atoms with Gasteiger partial charge in [-0.15, -0.1) is 11.3 Å². The summed E-state index contributed by atoms with van der Waals surface area (Å²) in [5, 5.41) is 3.42. The van der Waals surface area contributed by atoms with Crippen molar-refractivity contribution in [2.45, 2.75) is 6.04 Å². The first-order chi connectivity index (χ1) is 7.54. The van der Waals surface area contributed by atoms with Gasteiger partial charge in [-0.3, -0.25) is 0 Å². The van der Waals surface area contributed by atoms with Gasteiger partial charge in [-0.1, -0.05) is 11.6 Å². The van der Waals surface area contributed by atoms with E-state index in [1.807, 2.05) is 6.07 Å². The molecule has 0 bridgehead atoms. The van der Waals surface area contributed by atoms with Crippen molar-refractivity contribution in [3.8, 4) is 0 Å². The van der Waals surface area contributed by atoms with E-state index in [0.717, 1.165) is 21.9 Å². The molecule has 1 aromatic rings. The molecule has 0 amide bonds. The van der Waals surface area contributed by atoms with Gasteiger partial charge in [0, 0.05) is 29.0 Å². The summed E-state index contributed by atoms with van der Waals surface area (Å²) in [6, 6.07) is 2.22. The van der Waals surface area contributed by atoms with Gasteiger partial charge in [-0.05, 0) is 36.1 Å². The highest BCUT2D eigenvalue weighted by atomic mass is 79.9. The molecule has 92 valence electrons. The number of rotatable bonds is 6. The SMILES string of the molecule is CN(C)CCNC(CN)c1cc(Br)c(Cl)s1. The van der Waals surface area contributed by atoms with Gasteiger partial charge in [0.2, 0.25) is 0 Å². The number of thiophene rings is 1. The van der Waals surface area contributed by atoms with E-state index in [1.54, 1.807) is 11.3 Å². The highest BCUT2D eigenvalue weighted by Crippen LogP contribution is 2.34. The van der Waals surface area contributed by atoms with E-state index < -0.39 is 0 Å². The Morgan fingerprint density at radius 2 is 2.31 bits per heavy atom. The molecule has 1 atom stereocenters. The third-order valence-electron chi connectivity index (χ3n) is 2.19. The Hall–Kier alpha value is 0.350. The fourth-order valence-electron chi connectivity index (χ4n) is 1.30. The summed E-state index contributed by atoms with van der Waals surface area (Å²) in [4.78, 5) is 3.32. The van der Waals surface area contributed by atoms with Crippen LogP contribution >= 0.6 is 38.9 Å². The molecule has 0 saturated heterocycles. The monoisotopic (exact) mass is 325 g/mol. The van der Waals surface area contributed by atoms with Crippen LogP contribution in [0, 0.1) is 0 Å². The molecular formula is C10H17BrClN3S. The van der Waals surface area contributed by atoms with E-state index in [0.29, 0.717) is 6.54 Å². The number of hydrogen-bond acceptors (Lipinski definition) is 4. The lowest BCUT2D eigenvalue weighted by molar-refractivity contribution is 0.386. The van der Waals surface area contributed by atoms with Crippen molar-refractivity contribution in [1.82, 2.24) is 10.2 Å². The fraction of sp³-hybridized carbons (Fsp3) is 0.600. The van der Waals surface area contributed by atoms with Gasteiger partial charge in [-0.2, -0.15) is 0 Å². The van der Waals surface area contributed by atoms with Crippen molar-refractivity contribution >= 4 is 38.9 Å². The summed E-state index contributed by atoms with van der Waals surface area (Å²) < 4.78 is 1.73. The molecule has 0 aliphatic carbocycles. The maximum absolute atomic E-state index is 6.01. The zero-order valence-corrected chi connectivity index (χ0v) is 12.6. The van der Waals surface area contributed by atoms with Crippen molar-refractivity contribution in [2.75, 3.05) is 33.7 Å². The lowest BCUT2D eigenvalue weighted by Crippen LogP contribution is -2.33. The highest BCUT2D eigenvalue weighted by molar-refractivity contribution is 9.10. The summed E-state index contributed by atoms with van der Waals surface area (Å²) in [6.07, 6.45) is 0. The van der Waals surface area contributed by atoms with E-state index >= 15 is 0 Å². The molecule has 1 aromatic heterocycles. The summed E-state index contributed by atoms with van der Waals surface area (Å²) >= 11 is 11.0. The average molecular weight is 327 g/mol. The Balaban J connectivity index is 2.53. The summed E-state index contributed by atoms with van der Waals surface area (Å²) in [6.45, 7) is 2.50. The molecular weight excluding hydrogens is 310 g/mol.